The maximum Gasteiger partial charge on any atom is 0.424 e. The predicted octanol–water partition coefficient (Wildman–Crippen LogP) is 3.87. The van der Waals surface area contributed by atoms with E-state index >= 15 is 0 Å². The summed E-state index contributed by atoms with van der Waals surface area (Å²) in [6.45, 7) is 4.07. The van der Waals surface area contributed by atoms with Crippen molar-refractivity contribution < 1.29 is 19.4 Å². The molecule has 28 heavy (non-hydrogen) atoms. The summed E-state index contributed by atoms with van der Waals surface area (Å²) >= 11 is 0. The van der Waals surface area contributed by atoms with E-state index < -0.39 is 18.1 Å². The highest BCUT2D eigenvalue weighted by Gasteiger charge is 2.30. The zero-order valence-electron chi connectivity index (χ0n) is 16.4. The summed E-state index contributed by atoms with van der Waals surface area (Å²) in [6.07, 6.45) is -0.187. The Labute approximate surface area is 165 Å². The zero-order chi connectivity index (χ0) is 20.3. The molecule has 0 aliphatic heterocycles. The zero-order valence-corrected chi connectivity index (χ0v) is 16.4. The number of carbonyl (C=O) groups excluding carboxylic acids is 1. The number of hydrogen-bond acceptors (Lipinski definition) is 4. The number of nitrogens with one attached hydrogen (secondary N) is 1. The van der Waals surface area contributed by atoms with Gasteiger partial charge in [0.25, 0.3) is 0 Å². The summed E-state index contributed by atoms with van der Waals surface area (Å²) in [6, 6.07) is 15.4. The Balaban J connectivity index is 1.67. The van der Waals surface area contributed by atoms with E-state index in [1.54, 1.807) is 0 Å². The van der Waals surface area contributed by atoms with Crippen LogP contribution in [0.1, 0.15) is 37.3 Å². The number of ether oxygens (including phenoxy) is 1. The number of carboxylic acid groups (broad SMARTS) is 1. The molecule has 0 unspecified atom stereocenters. The number of hydrazine groups is 1. The Kier molecular flexibility index (Phi) is 5.99. The van der Waals surface area contributed by atoms with E-state index in [0.717, 1.165) is 27.3 Å². The van der Waals surface area contributed by atoms with Crippen molar-refractivity contribution >= 4 is 12.1 Å². The molecule has 0 fully saturated rings. The fraction of sp³-hybridized carbons (Fsp3) is 0.364. The van der Waals surface area contributed by atoms with Crippen LogP contribution in [0.5, 0.6) is 0 Å². The molecule has 0 saturated carbocycles. The molecule has 2 aromatic rings. The van der Waals surface area contributed by atoms with E-state index in [1.165, 1.54) is 7.05 Å². The van der Waals surface area contributed by atoms with Crippen LogP contribution in [0.3, 0.4) is 0 Å². The summed E-state index contributed by atoms with van der Waals surface area (Å²) in [5.74, 6) is -0.841. The molecular weight excluding hydrogens is 356 g/mol. The molecule has 3 rings (SSSR count). The second-order valence-electron chi connectivity index (χ2n) is 7.51. The lowest BCUT2D eigenvalue weighted by Gasteiger charge is -2.24. The minimum absolute atomic E-state index is 0.0318. The molecule has 0 radical (unpaired) electrons. The van der Waals surface area contributed by atoms with Crippen LogP contribution in [0, 0.1) is 5.92 Å². The van der Waals surface area contributed by atoms with Crippen LogP contribution in [-0.4, -0.2) is 41.9 Å². The molecule has 0 saturated heterocycles. The average molecular weight is 382 g/mol. The number of amides is 1. The topological polar surface area (TPSA) is 78.9 Å². The van der Waals surface area contributed by atoms with E-state index in [1.807, 2.05) is 38.1 Å². The van der Waals surface area contributed by atoms with Gasteiger partial charge in [-0.1, -0.05) is 62.4 Å². The van der Waals surface area contributed by atoms with Gasteiger partial charge in [0.2, 0.25) is 0 Å². The normalized spacial score (nSPS) is 13.7. The first kappa shape index (κ1) is 19.9. The largest absolute Gasteiger partial charge is 0.480 e. The van der Waals surface area contributed by atoms with Crippen molar-refractivity contribution in [1.82, 2.24) is 10.4 Å². The number of hydrogen-bond donors (Lipinski definition) is 2. The first-order valence-corrected chi connectivity index (χ1v) is 9.46. The predicted molar refractivity (Wildman–Crippen MR) is 107 cm³/mol. The van der Waals surface area contributed by atoms with Gasteiger partial charge in [-0.3, -0.25) is 4.79 Å². The van der Waals surface area contributed by atoms with Gasteiger partial charge in [0.1, 0.15) is 12.6 Å². The van der Waals surface area contributed by atoms with E-state index in [4.69, 9.17) is 4.74 Å². The van der Waals surface area contributed by atoms with Crippen molar-refractivity contribution in [3.63, 3.8) is 0 Å². The Morgan fingerprint density at radius 1 is 1.07 bits per heavy atom. The van der Waals surface area contributed by atoms with Gasteiger partial charge in [0.05, 0.1) is 0 Å². The Bertz CT molecular complexity index is 820. The molecule has 6 nitrogen and oxygen atoms in total. The highest BCUT2D eigenvalue weighted by atomic mass is 16.6. The molecule has 148 valence electrons. The van der Waals surface area contributed by atoms with E-state index in [2.05, 4.69) is 29.7 Å². The first-order chi connectivity index (χ1) is 13.4. The summed E-state index contributed by atoms with van der Waals surface area (Å²) in [5, 5.41) is 10.5. The fourth-order valence-electron chi connectivity index (χ4n) is 3.66. The summed E-state index contributed by atoms with van der Waals surface area (Å²) in [4.78, 5) is 23.8. The average Bonchev–Trinajstić information content (AvgIpc) is 2.99. The van der Waals surface area contributed by atoms with Gasteiger partial charge in [0.15, 0.2) is 0 Å². The smallest absolute Gasteiger partial charge is 0.424 e. The molecule has 1 atom stereocenters. The van der Waals surface area contributed by atoms with Crippen molar-refractivity contribution in [2.45, 2.75) is 32.2 Å². The molecule has 2 aromatic carbocycles. The van der Waals surface area contributed by atoms with Crippen LogP contribution in [-0.2, 0) is 9.53 Å². The third-order valence-electron chi connectivity index (χ3n) is 4.96. The third kappa shape index (κ3) is 4.17. The minimum Gasteiger partial charge on any atom is -0.480 e. The molecule has 6 heteroatoms. The number of nitrogens with zero attached hydrogens (tertiary/aromatic N) is 1. The molecule has 1 amide bonds. The van der Waals surface area contributed by atoms with E-state index in [-0.39, 0.29) is 18.4 Å². The Morgan fingerprint density at radius 3 is 2.11 bits per heavy atom. The van der Waals surface area contributed by atoms with Gasteiger partial charge >= 0.3 is 12.1 Å². The van der Waals surface area contributed by atoms with Crippen LogP contribution < -0.4 is 5.43 Å². The number of carbonyl (C=O) groups is 2. The van der Waals surface area contributed by atoms with Crippen molar-refractivity contribution in [2.75, 3.05) is 13.7 Å². The lowest BCUT2D eigenvalue weighted by atomic mass is 9.98. The van der Waals surface area contributed by atoms with Crippen LogP contribution in [0.25, 0.3) is 11.1 Å². The lowest BCUT2D eigenvalue weighted by molar-refractivity contribution is -0.141. The van der Waals surface area contributed by atoms with E-state index in [0.29, 0.717) is 6.42 Å². The van der Waals surface area contributed by atoms with Crippen molar-refractivity contribution in [3.8, 4) is 11.1 Å². The second-order valence-corrected chi connectivity index (χ2v) is 7.51. The fourth-order valence-corrected chi connectivity index (χ4v) is 3.66. The van der Waals surface area contributed by atoms with Crippen LogP contribution in [0.15, 0.2) is 48.5 Å². The second kappa shape index (κ2) is 8.44. The first-order valence-electron chi connectivity index (χ1n) is 9.46. The minimum atomic E-state index is -0.994. The molecule has 1 aliphatic rings. The van der Waals surface area contributed by atoms with Gasteiger partial charge in [-0.05, 0) is 34.6 Å². The number of rotatable bonds is 7. The molecule has 2 N–H and O–H groups in total. The van der Waals surface area contributed by atoms with Gasteiger partial charge in [0, 0.05) is 13.0 Å². The molecule has 0 aromatic heterocycles. The third-order valence-corrected chi connectivity index (χ3v) is 4.96. The van der Waals surface area contributed by atoms with Crippen LogP contribution in [0.4, 0.5) is 4.79 Å². The molecular formula is C22H26N2O4. The maximum atomic E-state index is 12.4. The number of benzene rings is 2. The Morgan fingerprint density at radius 2 is 1.61 bits per heavy atom. The van der Waals surface area contributed by atoms with Gasteiger partial charge in [-0.25, -0.2) is 15.2 Å². The highest BCUT2D eigenvalue weighted by molar-refractivity contribution is 5.79. The highest BCUT2D eigenvalue weighted by Crippen LogP contribution is 2.44. The molecule has 1 aliphatic carbocycles. The van der Waals surface area contributed by atoms with Crippen LogP contribution >= 0.6 is 0 Å². The van der Waals surface area contributed by atoms with Crippen molar-refractivity contribution in [2.24, 2.45) is 5.92 Å². The van der Waals surface area contributed by atoms with Gasteiger partial charge in [-0.2, -0.15) is 0 Å². The number of fused-ring (bicyclic) bond motifs is 3. The SMILES string of the molecule is CC(C)C[C@H](NN(C)C(=O)OCC1c2ccccc2-c2ccccc21)C(=O)O. The summed E-state index contributed by atoms with van der Waals surface area (Å²) in [7, 11) is 1.48. The summed E-state index contributed by atoms with van der Waals surface area (Å²) < 4.78 is 5.52. The van der Waals surface area contributed by atoms with Gasteiger partial charge in [-0.15, -0.1) is 0 Å². The van der Waals surface area contributed by atoms with Crippen molar-refractivity contribution in [1.29, 1.82) is 0 Å². The monoisotopic (exact) mass is 382 g/mol. The van der Waals surface area contributed by atoms with Crippen molar-refractivity contribution in [3.05, 3.63) is 59.7 Å². The quantitative estimate of drug-likeness (QED) is 0.711. The number of carboxylic acids is 1. The molecule has 0 spiro atoms. The molecule has 0 bridgehead atoms. The molecule has 0 heterocycles. The van der Waals surface area contributed by atoms with E-state index in [9.17, 15) is 14.7 Å². The van der Waals surface area contributed by atoms with Crippen LogP contribution in [0.2, 0.25) is 0 Å². The Hall–Kier alpha value is -2.86. The standard InChI is InChI=1S/C22H26N2O4/c1-14(2)12-20(21(25)26)23-24(3)22(27)28-13-19-17-10-6-4-8-15(17)16-9-5-7-11-18(16)19/h4-11,14,19-20,23H,12-13H2,1-3H3,(H,25,26)/t20-/m0/s1. The lowest BCUT2D eigenvalue weighted by Crippen LogP contribution is -2.50. The maximum absolute atomic E-state index is 12.4. The summed E-state index contributed by atoms with van der Waals surface area (Å²) in [5.41, 5.74) is 7.31. The van der Waals surface area contributed by atoms with Gasteiger partial charge < -0.3 is 9.84 Å². The number of aliphatic carboxylic acids is 1.